The van der Waals surface area contributed by atoms with Gasteiger partial charge in [0.25, 0.3) is 5.56 Å². The Kier molecular flexibility index (Phi) is 4.95. The number of nitrogens with zero attached hydrogens (tertiary/aromatic N) is 3. The standard InChI is InChI=1S/C17H15F3N4OS2/c18-17(19,20)10-2-6-24(7-3-10)27-11-1-5-21-13(9-11)15-22-12-4-8-26-14(12)16(25)23-15/h1,4-5,8-10H,2-3,6-7H2,(H,22,23,25). The van der Waals surface area contributed by atoms with Gasteiger partial charge in [-0.1, -0.05) is 0 Å². The third-order valence-corrected chi connectivity index (χ3v) is 6.43. The molecule has 3 aromatic heterocycles. The van der Waals surface area contributed by atoms with E-state index in [2.05, 4.69) is 15.0 Å². The molecule has 1 aliphatic rings. The largest absolute Gasteiger partial charge is 0.391 e. The van der Waals surface area contributed by atoms with E-state index >= 15 is 0 Å². The number of piperidine rings is 1. The third kappa shape index (κ3) is 4.02. The highest BCUT2D eigenvalue weighted by atomic mass is 32.2. The van der Waals surface area contributed by atoms with Gasteiger partial charge in [-0.3, -0.25) is 9.78 Å². The number of aromatic nitrogens is 3. The Morgan fingerprint density at radius 2 is 2.04 bits per heavy atom. The van der Waals surface area contributed by atoms with Gasteiger partial charge < -0.3 is 4.98 Å². The number of alkyl halides is 3. The molecule has 1 fully saturated rings. The number of nitrogens with one attached hydrogen (secondary N) is 1. The van der Waals surface area contributed by atoms with Crippen LogP contribution >= 0.6 is 23.3 Å². The Balaban J connectivity index is 1.50. The highest BCUT2D eigenvalue weighted by Crippen LogP contribution is 2.37. The monoisotopic (exact) mass is 412 g/mol. The first-order valence-electron chi connectivity index (χ1n) is 8.34. The molecule has 0 spiro atoms. The third-order valence-electron chi connectivity index (χ3n) is 4.44. The first-order chi connectivity index (χ1) is 12.9. The van der Waals surface area contributed by atoms with Gasteiger partial charge in [-0.2, -0.15) is 13.2 Å². The van der Waals surface area contributed by atoms with E-state index in [9.17, 15) is 18.0 Å². The van der Waals surface area contributed by atoms with Crippen molar-refractivity contribution in [2.24, 2.45) is 5.92 Å². The number of hydrogen-bond donors (Lipinski definition) is 1. The molecule has 3 aromatic rings. The Morgan fingerprint density at radius 3 is 2.78 bits per heavy atom. The minimum Gasteiger partial charge on any atom is -0.304 e. The zero-order valence-electron chi connectivity index (χ0n) is 14.0. The van der Waals surface area contributed by atoms with Crippen molar-refractivity contribution in [3.05, 3.63) is 40.1 Å². The van der Waals surface area contributed by atoms with E-state index in [1.165, 1.54) is 23.3 Å². The van der Waals surface area contributed by atoms with Crippen molar-refractivity contribution in [2.45, 2.75) is 23.9 Å². The lowest BCUT2D eigenvalue weighted by atomic mass is 9.98. The van der Waals surface area contributed by atoms with Crippen LogP contribution in [0, 0.1) is 5.92 Å². The summed E-state index contributed by atoms with van der Waals surface area (Å²) >= 11 is 2.73. The fourth-order valence-electron chi connectivity index (χ4n) is 3.02. The maximum Gasteiger partial charge on any atom is 0.391 e. The molecule has 1 aliphatic heterocycles. The summed E-state index contributed by atoms with van der Waals surface area (Å²) in [6, 6.07) is 5.37. The van der Waals surface area contributed by atoms with Crippen molar-refractivity contribution >= 4 is 33.5 Å². The van der Waals surface area contributed by atoms with Crippen LogP contribution in [0.15, 0.2) is 39.5 Å². The molecule has 10 heteroatoms. The SMILES string of the molecule is O=c1[nH]c(-c2cc(SN3CCC(C(F)(F)F)CC3)ccn2)nc2ccsc12. The van der Waals surface area contributed by atoms with Gasteiger partial charge in [-0.05, 0) is 48.4 Å². The van der Waals surface area contributed by atoms with E-state index in [0.29, 0.717) is 34.8 Å². The smallest absolute Gasteiger partial charge is 0.304 e. The molecule has 27 heavy (non-hydrogen) atoms. The van der Waals surface area contributed by atoms with Crippen LogP contribution in [0.5, 0.6) is 0 Å². The normalized spacial score (nSPS) is 16.9. The van der Waals surface area contributed by atoms with E-state index in [0.717, 1.165) is 4.90 Å². The molecule has 4 heterocycles. The maximum absolute atomic E-state index is 12.8. The lowest BCUT2D eigenvalue weighted by molar-refractivity contribution is -0.182. The van der Waals surface area contributed by atoms with Gasteiger partial charge in [0, 0.05) is 24.2 Å². The van der Waals surface area contributed by atoms with Crippen LogP contribution in [0.25, 0.3) is 21.7 Å². The Morgan fingerprint density at radius 1 is 1.26 bits per heavy atom. The Hall–Kier alpha value is -1.91. The lowest BCUT2D eigenvalue weighted by Crippen LogP contribution is -2.35. The Labute approximate surface area is 160 Å². The first kappa shape index (κ1) is 18.5. The molecule has 142 valence electrons. The Bertz CT molecular complexity index is 1010. The topological polar surface area (TPSA) is 61.9 Å². The second-order valence-electron chi connectivity index (χ2n) is 6.26. The molecule has 0 amide bonds. The van der Waals surface area contributed by atoms with Gasteiger partial charge in [0.1, 0.15) is 10.4 Å². The van der Waals surface area contributed by atoms with Crippen molar-refractivity contribution < 1.29 is 13.2 Å². The second kappa shape index (κ2) is 7.25. The predicted octanol–water partition coefficient (Wildman–Crippen LogP) is 4.33. The maximum atomic E-state index is 12.8. The number of halogens is 3. The fraction of sp³-hybridized carbons (Fsp3) is 0.353. The molecule has 1 saturated heterocycles. The second-order valence-corrected chi connectivity index (χ2v) is 8.35. The van der Waals surface area contributed by atoms with Gasteiger partial charge in [0.15, 0.2) is 5.82 Å². The molecule has 0 bridgehead atoms. The van der Waals surface area contributed by atoms with Crippen molar-refractivity contribution in [1.82, 2.24) is 19.3 Å². The van der Waals surface area contributed by atoms with Crippen molar-refractivity contribution in [1.29, 1.82) is 0 Å². The van der Waals surface area contributed by atoms with Gasteiger partial charge in [0.2, 0.25) is 0 Å². The van der Waals surface area contributed by atoms with E-state index < -0.39 is 12.1 Å². The number of pyridine rings is 1. The van der Waals surface area contributed by atoms with Crippen LogP contribution < -0.4 is 5.56 Å². The van der Waals surface area contributed by atoms with E-state index in [1.807, 2.05) is 4.31 Å². The van der Waals surface area contributed by atoms with Crippen molar-refractivity contribution in [3.63, 3.8) is 0 Å². The van der Waals surface area contributed by atoms with Crippen molar-refractivity contribution in [3.8, 4) is 11.5 Å². The van der Waals surface area contributed by atoms with Crippen LogP contribution in [0.2, 0.25) is 0 Å². The van der Waals surface area contributed by atoms with Crippen LogP contribution in [-0.4, -0.2) is 38.5 Å². The van der Waals surface area contributed by atoms with Gasteiger partial charge >= 0.3 is 6.18 Å². The molecular weight excluding hydrogens is 397 g/mol. The summed E-state index contributed by atoms with van der Waals surface area (Å²) in [6.07, 6.45) is -2.29. The summed E-state index contributed by atoms with van der Waals surface area (Å²) in [5.41, 5.74) is 0.933. The molecule has 4 rings (SSSR count). The molecule has 0 atom stereocenters. The molecule has 0 radical (unpaired) electrons. The average Bonchev–Trinajstić information content (AvgIpc) is 3.11. The highest BCUT2D eigenvalue weighted by molar-refractivity contribution is 7.97. The summed E-state index contributed by atoms with van der Waals surface area (Å²) in [6.45, 7) is 0.755. The van der Waals surface area contributed by atoms with Gasteiger partial charge in [-0.15, -0.1) is 11.3 Å². The van der Waals surface area contributed by atoms with Gasteiger partial charge in [-0.25, -0.2) is 9.29 Å². The van der Waals surface area contributed by atoms with Crippen LogP contribution in [-0.2, 0) is 0 Å². The minimum absolute atomic E-state index is 0.109. The summed E-state index contributed by atoms with van der Waals surface area (Å²) in [5.74, 6) is -0.835. The predicted molar refractivity (Wildman–Crippen MR) is 99.7 cm³/mol. The minimum atomic E-state index is -4.11. The molecule has 0 saturated carbocycles. The summed E-state index contributed by atoms with van der Waals surface area (Å²) in [7, 11) is 0. The fourth-order valence-corrected chi connectivity index (χ4v) is 4.72. The summed E-state index contributed by atoms with van der Waals surface area (Å²) in [5, 5.41) is 1.81. The number of H-pyrrole nitrogens is 1. The molecule has 1 N–H and O–H groups in total. The van der Waals surface area contributed by atoms with E-state index in [4.69, 9.17) is 0 Å². The molecule has 5 nitrogen and oxygen atoms in total. The summed E-state index contributed by atoms with van der Waals surface area (Å²) < 4.78 is 40.9. The quantitative estimate of drug-likeness (QED) is 0.649. The van der Waals surface area contributed by atoms with E-state index in [-0.39, 0.29) is 18.4 Å². The number of hydrogen-bond acceptors (Lipinski definition) is 6. The number of aromatic amines is 1. The van der Waals surface area contributed by atoms with E-state index in [1.54, 1.807) is 29.8 Å². The van der Waals surface area contributed by atoms with Crippen LogP contribution in [0.1, 0.15) is 12.8 Å². The zero-order valence-corrected chi connectivity index (χ0v) is 15.6. The van der Waals surface area contributed by atoms with Crippen LogP contribution in [0.3, 0.4) is 0 Å². The molecule has 0 aromatic carbocycles. The number of fused-ring (bicyclic) bond motifs is 1. The molecular formula is C17H15F3N4OS2. The van der Waals surface area contributed by atoms with Crippen molar-refractivity contribution in [2.75, 3.05) is 13.1 Å². The zero-order chi connectivity index (χ0) is 19.0. The number of thiophene rings is 1. The van der Waals surface area contributed by atoms with Gasteiger partial charge in [0.05, 0.1) is 11.4 Å². The average molecular weight is 412 g/mol. The first-order valence-corrected chi connectivity index (χ1v) is 9.99. The lowest BCUT2D eigenvalue weighted by Gasteiger charge is -2.31. The van der Waals surface area contributed by atoms with Crippen LogP contribution in [0.4, 0.5) is 13.2 Å². The summed E-state index contributed by atoms with van der Waals surface area (Å²) in [4.78, 5) is 24.4. The molecule has 0 unspecified atom stereocenters. The number of rotatable bonds is 3. The highest BCUT2D eigenvalue weighted by Gasteiger charge is 2.41. The molecule has 0 aliphatic carbocycles.